The normalized spacial score (nSPS) is 27.9. The molecule has 5 heterocycles. The molecule has 0 aliphatic carbocycles. The van der Waals surface area contributed by atoms with Crippen LogP contribution in [-0.4, -0.2) is 63.8 Å². The molecular formula is C21H30N6O2. The number of nitrogens with two attached hydrogens (primary N) is 1. The Balaban J connectivity index is 1.44. The van der Waals surface area contributed by atoms with Crippen molar-refractivity contribution in [2.75, 3.05) is 31.1 Å². The summed E-state index contributed by atoms with van der Waals surface area (Å²) in [5.74, 6) is 1.12. The second-order valence-electron chi connectivity index (χ2n) is 8.66. The van der Waals surface area contributed by atoms with Crippen LogP contribution in [0.1, 0.15) is 55.8 Å². The van der Waals surface area contributed by atoms with E-state index in [9.17, 15) is 4.79 Å². The van der Waals surface area contributed by atoms with Gasteiger partial charge in [-0.05, 0) is 45.4 Å². The minimum atomic E-state index is -0.279. The van der Waals surface area contributed by atoms with Crippen LogP contribution in [-0.2, 0) is 9.53 Å². The first-order chi connectivity index (χ1) is 14.1. The Labute approximate surface area is 171 Å². The lowest BCUT2D eigenvalue weighted by Crippen LogP contribution is -2.44. The summed E-state index contributed by atoms with van der Waals surface area (Å²) < 4.78 is 7.52. The highest BCUT2D eigenvalue weighted by Gasteiger charge is 2.35. The number of rotatable bonds is 3. The predicted octanol–water partition coefficient (Wildman–Crippen LogP) is 1.81. The molecule has 2 aromatic heterocycles. The molecule has 2 N–H and O–H groups in total. The van der Waals surface area contributed by atoms with E-state index in [0.29, 0.717) is 6.61 Å². The fraction of sp³-hybridized carbons (Fsp3) is 0.667. The van der Waals surface area contributed by atoms with Gasteiger partial charge in [0.2, 0.25) is 0 Å². The molecule has 1 unspecified atom stereocenters. The van der Waals surface area contributed by atoms with Crippen LogP contribution >= 0.6 is 0 Å². The zero-order valence-electron chi connectivity index (χ0n) is 17.1. The molecule has 0 aromatic carbocycles. The van der Waals surface area contributed by atoms with Crippen LogP contribution in [0.4, 0.5) is 5.82 Å². The minimum absolute atomic E-state index is 0.00566. The third-order valence-electron chi connectivity index (χ3n) is 6.48. The van der Waals surface area contributed by atoms with Crippen LogP contribution in [0.2, 0.25) is 0 Å². The van der Waals surface area contributed by atoms with E-state index in [1.54, 1.807) is 0 Å². The second kappa shape index (κ2) is 7.57. The quantitative estimate of drug-likeness (QED) is 0.848. The Hall–Kier alpha value is -2.19. The second-order valence-corrected chi connectivity index (χ2v) is 8.66. The molecule has 3 aliphatic rings. The number of ether oxygens (including phenoxy) is 1. The minimum Gasteiger partial charge on any atom is -0.368 e. The van der Waals surface area contributed by atoms with Crippen molar-refractivity contribution in [3.63, 3.8) is 0 Å². The molecule has 0 spiro atoms. The number of hydrogen-bond donors (Lipinski definition) is 1. The van der Waals surface area contributed by atoms with Crippen molar-refractivity contribution in [3.8, 4) is 0 Å². The van der Waals surface area contributed by atoms with E-state index in [1.165, 1.54) is 0 Å². The van der Waals surface area contributed by atoms with Crippen LogP contribution in [0.15, 0.2) is 12.3 Å². The molecule has 5 rings (SSSR count). The Morgan fingerprint density at radius 2 is 2.10 bits per heavy atom. The number of aryl methyl sites for hydroxylation is 1. The first kappa shape index (κ1) is 18.8. The SMILES string of the molecule is Cc1cn2nc([C@@H]3CCCCN3C(=O)C3CCCO3)cc2nc1N1CC[C@H](N)C1. The van der Waals surface area contributed by atoms with E-state index < -0.39 is 0 Å². The van der Waals surface area contributed by atoms with Crippen LogP contribution in [0.5, 0.6) is 0 Å². The summed E-state index contributed by atoms with van der Waals surface area (Å²) in [6.07, 6.45) is 7.65. The van der Waals surface area contributed by atoms with Gasteiger partial charge >= 0.3 is 0 Å². The van der Waals surface area contributed by atoms with Gasteiger partial charge in [-0.1, -0.05) is 0 Å². The molecule has 8 nitrogen and oxygen atoms in total. The summed E-state index contributed by atoms with van der Waals surface area (Å²) in [6, 6.07) is 2.27. The standard InChI is InChI=1S/C21H30N6O2/c1-14-12-27-19(23-20(14)25-9-7-15(22)13-25)11-16(24-27)17-5-2-3-8-26(17)21(28)18-6-4-10-29-18/h11-12,15,17-18H,2-10,13,22H2,1H3/t15-,17-,18?/m0/s1. The lowest BCUT2D eigenvalue weighted by Gasteiger charge is -2.36. The molecule has 8 heteroatoms. The third kappa shape index (κ3) is 3.48. The van der Waals surface area contributed by atoms with Gasteiger partial charge in [-0.25, -0.2) is 9.50 Å². The summed E-state index contributed by atoms with van der Waals surface area (Å²) in [5.41, 5.74) is 8.94. The average Bonchev–Trinajstić information content (AvgIpc) is 3.47. The van der Waals surface area contributed by atoms with Crippen molar-refractivity contribution in [2.45, 2.75) is 63.6 Å². The molecule has 3 atom stereocenters. The molecule has 2 aromatic rings. The number of amides is 1. The van der Waals surface area contributed by atoms with Gasteiger partial charge in [-0.15, -0.1) is 0 Å². The Morgan fingerprint density at radius 3 is 2.86 bits per heavy atom. The summed E-state index contributed by atoms with van der Waals surface area (Å²) in [5, 5.41) is 4.82. The molecule has 0 bridgehead atoms. The largest absolute Gasteiger partial charge is 0.368 e. The summed E-state index contributed by atoms with van der Waals surface area (Å²) in [6.45, 7) is 5.33. The summed E-state index contributed by atoms with van der Waals surface area (Å²) >= 11 is 0. The lowest BCUT2D eigenvalue weighted by molar-refractivity contribution is -0.145. The van der Waals surface area contributed by atoms with Crippen molar-refractivity contribution in [2.24, 2.45) is 5.73 Å². The van der Waals surface area contributed by atoms with Gasteiger partial charge in [0.15, 0.2) is 5.65 Å². The van der Waals surface area contributed by atoms with Crippen LogP contribution in [0, 0.1) is 6.92 Å². The number of piperidine rings is 1. The van der Waals surface area contributed by atoms with Crippen molar-refractivity contribution in [3.05, 3.63) is 23.5 Å². The van der Waals surface area contributed by atoms with Gasteiger partial charge < -0.3 is 20.3 Å². The number of hydrogen-bond acceptors (Lipinski definition) is 6. The Kier molecular flexibility index (Phi) is 4.91. The molecule has 29 heavy (non-hydrogen) atoms. The molecule has 3 fully saturated rings. The summed E-state index contributed by atoms with van der Waals surface area (Å²) in [7, 11) is 0. The van der Waals surface area contributed by atoms with E-state index in [-0.39, 0.29) is 24.1 Å². The lowest BCUT2D eigenvalue weighted by atomic mass is 9.98. The van der Waals surface area contributed by atoms with Crippen molar-refractivity contribution < 1.29 is 9.53 Å². The average molecular weight is 399 g/mol. The molecule has 1 amide bonds. The Morgan fingerprint density at radius 1 is 1.21 bits per heavy atom. The molecule has 3 saturated heterocycles. The zero-order chi connectivity index (χ0) is 20.0. The highest BCUT2D eigenvalue weighted by atomic mass is 16.5. The van der Waals surface area contributed by atoms with Gasteiger partial charge in [0.05, 0.1) is 11.7 Å². The van der Waals surface area contributed by atoms with Gasteiger partial charge in [0.25, 0.3) is 5.91 Å². The van der Waals surface area contributed by atoms with Gasteiger partial charge in [-0.3, -0.25) is 4.79 Å². The van der Waals surface area contributed by atoms with Crippen LogP contribution in [0.3, 0.4) is 0 Å². The van der Waals surface area contributed by atoms with Crippen molar-refractivity contribution in [1.82, 2.24) is 19.5 Å². The van der Waals surface area contributed by atoms with E-state index in [1.807, 2.05) is 21.7 Å². The number of aromatic nitrogens is 3. The van der Waals surface area contributed by atoms with Crippen molar-refractivity contribution >= 4 is 17.4 Å². The fourth-order valence-electron chi connectivity index (χ4n) is 4.94. The maximum absolute atomic E-state index is 13.0. The number of anilines is 1. The molecule has 156 valence electrons. The summed E-state index contributed by atoms with van der Waals surface area (Å²) in [4.78, 5) is 22.2. The van der Waals surface area contributed by atoms with Gasteiger partial charge in [-0.2, -0.15) is 5.10 Å². The topological polar surface area (TPSA) is 89.0 Å². The first-order valence-corrected chi connectivity index (χ1v) is 10.9. The number of fused-ring (bicyclic) bond motifs is 1. The number of carbonyl (C=O) groups is 1. The number of nitrogens with zero attached hydrogens (tertiary/aromatic N) is 5. The molecule has 0 saturated carbocycles. The van der Waals surface area contributed by atoms with Crippen LogP contribution < -0.4 is 10.6 Å². The van der Waals surface area contributed by atoms with Crippen molar-refractivity contribution in [1.29, 1.82) is 0 Å². The number of carbonyl (C=O) groups excluding carboxylic acids is 1. The van der Waals surface area contributed by atoms with Gasteiger partial charge in [0.1, 0.15) is 11.9 Å². The van der Waals surface area contributed by atoms with E-state index >= 15 is 0 Å². The first-order valence-electron chi connectivity index (χ1n) is 10.9. The fourth-order valence-corrected chi connectivity index (χ4v) is 4.94. The van der Waals surface area contributed by atoms with Gasteiger partial charge in [0, 0.05) is 50.1 Å². The zero-order valence-corrected chi connectivity index (χ0v) is 17.1. The highest BCUT2D eigenvalue weighted by molar-refractivity contribution is 5.81. The van der Waals surface area contributed by atoms with E-state index in [0.717, 1.165) is 80.9 Å². The van der Waals surface area contributed by atoms with E-state index in [2.05, 4.69) is 11.8 Å². The smallest absolute Gasteiger partial charge is 0.252 e. The predicted molar refractivity (Wildman–Crippen MR) is 110 cm³/mol. The maximum Gasteiger partial charge on any atom is 0.252 e. The molecule has 0 radical (unpaired) electrons. The van der Waals surface area contributed by atoms with Crippen LogP contribution in [0.25, 0.3) is 5.65 Å². The third-order valence-corrected chi connectivity index (χ3v) is 6.48. The Bertz CT molecular complexity index is 906. The molecule has 3 aliphatic heterocycles. The molecular weight excluding hydrogens is 368 g/mol. The van der Waals surface area contributed by atoms with E-state index in [4.69, 9.17) is 20.6 Å². The maximum atomic E-state index is 13.0. The highest BCUT2D eigenvalue weighted by Crippen LogP contribution is 2.33. The number of likely N-dealkylation sites (tertiary alicyclic amines) is 1. The monoisotopic (exact) mass is 398 g/mol.